The van der Waals surface area contributed by atoms with E-state index in [-0.39, 0.29) is 0 Å². The van der Waals surface area contributed by atoms with E-state index < -0.39 is 0 Å². The number of nitrogens with one attached hydrogen (secondary N) is 2. The zero-order valence-electron chi connectivity index (χ0n) is 9.28. The lowest BCUT2D eigenvalue weighted by molar-refractivity contribution is 0.344. The average molecular weight is 182 g/mol. The molecule has 0 bridgehead atoms. The quantitative estimate of drug-likeness (QED) is 0.689. The molecule has 2 aliphatic rings. The van der Waals surface area contributed by atoms with Crippen LogP contribution >= 0.6 is 0 Å². The first kappa shape index (κ1) is 9.47. The molecule has 0 aromatic rings. The monoisotopic (exact) mass is 182 g/mol. The van der Waals surface area contributed by atoms with Gasteiger partial charge in [-0.3, -0.25) is 0 Å². The summed E-state index contributed by atoms with van der Waals surface area (Å²) in [5.41, 5.74) is 0.966. The summed E-state index contributed by atoms with van der Waals surface area (Å²) in [6.07, 6.45) is 1.35. The van der Waals surface area contributed by atoms with Crippen molar-refractivity contribution in [3.8, 4) is 0 Å². The molecule has 1 heterocycles. The van der Waals surface area contributed by atoms with E-state index in [4.69, 9.17) is 0 Å². The van der Waals surface area contributed by atoms with Crippen molar-refractivity contribution in [3.05, 3.63) is 0 Å². The van der Waals surface area contributed by atoms with Gasteiger partial charge in [0.25, 0.3) is 0 Å². The van der Waals surface area contributed by atoms with Crippen molar-refractivity contribution < 1.29 is 0 Å². The molecule has 1 saturated carbocycles. The third-order valence-electron chi connectivity index (χ3n) is 4.51. The van der Waals surface area contributed by atoms with Crippen LogP contribution in [0.2, 0.25) is 0 Å². The SMILES string of the molecule is CC1(C)C(NCC2CCN2)C1(C)C. The molecule has 76 valence electrons. The van der Waals surface area contributed by atoms with Gasteiger partial charge in [0.2, 0.25) is 0 Å². The van der Waals surface area contributed by atoms with E-state index in [9.17, 15) is 0 Å². The Balaban J connectivity index is 1.77. The van der Waals surface area contributed by atoms with Crippen LogP contribution in [0.5, 0.6) is 0 Å². The minimum atomic E-state index is 0.483. The number of hydrogen-bond acceptors (Lipinski definition) is 2. The van der Waals surface area contributed by atoms with E-state index >= 15 is 0 Å². The summed E-state index contributed by atoms with van der Waals surface area (Å²) in [5.74, 6) is 0. The molecule has 1 unspecified atom stereocenters. The molecule has 1 atom stereocenters. The molecule has 2 fully saturated rings. The van der Waals surface area contributed by atoms with Crippen LogP contribution in [0.1, 0.15) is 34.1 Å². The molecule has 2 N–H and O–H groups in total. The van der Waals surface area contributed by atoms with E-state index in [1.807, 2.05) is 0 Å². The van der Waals surface area contributed by atoms with Crippen LogP contribution in [-0.4, -0.2) is 25.2 Å². The Bertz CT molecular complexity index is 190. The molecular weight excluding hydrogens is 160 g/mol. The largest absolute Gasteiger partial charge is 0.313 e. The lowest BCUT2D eigenvalue weighted by Crippen LogP contribution is -2.50. The normalized spacial score (nSPS) is 35.5. The standard InChI is InChI=1S/C11H22N2/c1-10(2)9(11(10,3)4)13-7-8-5-6-12-8/h8-9,12-13H,5-7H2,1-4H3. The first-order valence-electron chi connectivity index (χ1n) is 5.43. The maximum atomic E-state index is 3.68. The average Bonchev–Trinajstić information content (AvgIpc) is 2.27. The maximum absolute atomic E-state index is 3.68. The van der Waals surface area contributed by atoms with Gasteiger partial charge in [-0.2, -0.15) is 0 Å². The molecule has 1 saturated heterocycles. The summed E-state index contributed by atoms with van der Waals surface area (Å²) in [7, 11) is 0. The zero-order chi connectivity index (χ0) is 9.69. The second-order valence-corrected chi connectivity index (χ2v) is 5.72. The van der Waals surface area contributed by atoms with Crippen LogP contribution in [0.4, 0.5) is 0 Å². The minimum Gasteiger partial charge on any atom is -0.313 e. The molecule has 0 radical (unpaired) electrons. The van der Waals surface area contributed by atoms with Crippen LogP contribution in [0, 0.1) is 10.8 Å². The molecule has 2 nitrogen and oxygen atoms in total. The van der Waals surface area contributed by atoms with Gasteiger partial charge in [0.15, 0.2) is 0 Å². The number of rotatable bonds is 3. The third-order valence-corrected chi connectivity index (χ3v) is 4.51. The molecular formula is C11H22N2. The van der Waals surface area contributed by atoms with Crippen molar-refractivity contribution in [2.24, 2.45) is 10.8 Å². The van der Waals surface area contributed by atoms with Crippen molar-refractivity contribution in [3.63, 3.8) is 0 Å². The Morgan fingerprint density at radius 3 is 2.08 bits per heavy atom. The molecule has 2 heteroatoms. The smallest absolute Gasteiger partial charge is 0.0204 e. The Hall–Kier alpha value is -0.0800. The van der Waals surface area contributed by atoms with E-state index in [2.05, 4.69) is 38.3 Å². The molecule has 0 spiro atoms. The van der Waals surface area contributed by atoms with E-state index in [0.717, 1.165) is 12.6 Å². The van der Waals surface area contributed by atoms with Crippen LogP contribution in [0.15, 0.2) is 0 Å². The molecule has 1 aliphatic carbocycles. The molecule has 1 aliphatic heterocycles. The first-order chi connectivity index (χ1) is 5.96. The molecule has 0 aromatic carbocycles. The van der Waals surface area contributed by atoms with Gasteiger partial charge in [-0.05, 0) is 23.8 Å². The zero-order valence-corrected chi connectivity index (χ0v) is 9.28. The number of hydrogen-bond donors (Lipinski definition) is 2. The summed E-state index contributed by atoms with van der Waals surface area (Å²) < 4.78 is 0. The minimum absolute atomic E-state index is 0.483. The summed E-state index contributed by atoms with van der Waals surface area (Å²) in [4.78, 5) is 0. The Labute approximate surface area is 81.5 Å². The highest BCUT2D eigenvalue weighted by Gasteiger charge is 2.64. The second kappa shape index (κ2) is 2.71. The Morgan fingerprint density at radius 2 is 1.77 bits per heavy atom. The first-order valence-corrected chi connectivity index (χ1v) is 5.43. The fourth-order valence-corrected chi connectivity index (χ4v) is 2.49. The van der Waals surface area contributed by atoms with Crippen molar-refractivity contribution >= 4 is 0 Å². The molecule has 0 amide bonds. The fourth-order valence-electron chi connectivity index (χ4n) is 2.49. The van der Waals surface area contributed by atoms with Crippen LogP contribution in [0.3, 0.4) is 0 Å². The summed E-state index contributed by atoms with van der Waals surface area (Å²) in [5, 5.41) is 7.10. The van der Waals surface area contributed by atoms with Gasteiger partial charge in [0, 0.05) is 18.6 Å². The second-order valence-electron chi connectivity index (χ2n) is 5.72. The predicted octanol–water partition coefficient (Wildman–Crippen LogP) is 1.37. The third kappa shape index (κ3) is 1.31. The van der Waals surface area contributed by atoms with E-state index in [1.54, 1.807) is 0 Å². The molecule has 0 aromatic heterocycles. The van der Waals surface area contributed by atoms with Crippen molar-refractivity contribution in [1.82, 2.24) is 10.6 Å². The van der Waals surface area contributed by atoms with Crippen LogP contribution in [-0.2, 0) is 0 Å². The molecule has 13 heavy (non-hydrogen) atoms. The highest BCUT2D eigenvalue weighted by molar-refractivity contribution is 5.17. The van der Waals surface area contributed by atoms with Gasteiger partial charge in [0.05, 0.1) is 0 Å². The van der Waals surface area contributed by atoms with Gasteiger partial charge < -0.3 is 10.6 Å². The summed E-state index contributed by atoms with van der Waals surface area (Å²) in [6.45, 7) is 11.8. The van der Waals surface area contributed by atoms with E-state index in [1.165, 1.54) is 13.0 Å². The summed E-state index contributed by atoms with van der Waals surface area (Å²) in [6, 6.07) is 1.45. The van der Waals surface area contributed by atoms with Gasteiger partial charge in [-0.1, -0.05) is 27.7 Å². The fraction of sp³-hybridized carbons (Fsp3) is 1.00. The van der Waals surface area contributed by atoms with Gasteiger partial charge in [-0.25, -0.2) is 0 Å². The van der Waals surface area contributed by atoms with Crippen molar-refractivity contribution in [2.75, 3.05) is 13.1 Å². The van der Waals surface area contributed by atoms with E-state index in [0.29, 0.717) is 16.9 Å². The van der Waals surface area contributed by atoms with Crippen LogP contribution in [0.25, 0.3) is 0 Å². The van der Waals surface area contributed by atoms with Crippen LogP contribution < -0.4 is 10.6 Å². The lowest BCUT2D eigenvalue weighted by Gasteiger charge is -2.28. The molecule has 2 rings (SSSR count). The topological polar surface area (TPSA) is 24.1 Å². The van der Waals surface area contributed by atoms with Crippen molar-refractivity contribution in [2.45, 2.75) is 46.2 Å². The predicted molar refractivity (Wildman–Crippen MR) is 55.8 cm³/mol. The lowest BCUT2D eigenvalue weighted by atomic mass is 10.0. The Kier molecular flexibility index (Phi) is 1.97. The van der Waals surface area contributed by atoms with Crippen molar-refractivity contribution in [1.29, 1.82) is 0 Å². The summed E-state index contributed by atoms with van der Waals surface area (Å²) >= 11 is 0. The van der Waals surface area contributed by atoms with Gasteiger partial charge >= 0.3 is 0 Å². The highest BCUT2D eigenvalue weighted by atomic mass is 15.1. The van der Waals surface area contributed by atoms with Gasteiger partial charge in [0.1, 0.15) is 0 Å². The Morgan fingerprint density at radius 1 is 1.23 bits per heavy atom. The highest BCUT2D eigenvalue weighted by Crippen LogP contribution is 2.62. The maximum Gasteiger partial charge on any atom is 0.0204 e. The van der Waals surface area contributed by atoms with Gasteiger partial charge in [-0.15, -0.1) is 0 Å².